The summed E-state index contributed by atoms with van der Waals surface area (Å²) in [6, 6.07) is 4.53. The van der Waals surface area contributed by atoms with Gasteiger partial charge in [-0.05, 0) is 43.9 Å². The molecule has 0 spiro atoms. The second-order valence-corrected chi connectivity index (χ2v) is 5.65. The number of aryl methyl sites for hydroxylation is 1. The Morgan fingerprint density at radius 1 is 1.32 bits per heavy atom. The fourth-order valence-electron chi connectivity index (χ4n) is 2.77. The van der Waals surface area contributed by atoms with E-state index < -0.39 is 18.1 Å². The molecule has 0 bridgehead atoms. The summed E-state index contributed by atoms with van der Waals surface area (Å²) in [5, 5.41) is 2.71. The maximum Gasteiger partial charge on any atom is 0.391 e. The first-order chi connectivity index (χ1) is 9.77. The van der Waals surface area contributed by atoms with E-state index in [0.717, 1.165) is 5.56 Å². The SMILES string of the molecule is Cc1ccc(N)cc1C(=O)NC1CCCC(C(F)(F)F)C1.Cl. The van der Waals surface area contributed by atoms with Gasteiger partial charge in [0, 0.05) is 17.3 Å². The lowest BCUT2D eigenvalue weighted by Gasteiger charge is -2.31. The summed E-state index contributed by atoms with van der Waals surface area (Å²) < 4.78 is 38.3. The molecule has 2 unspecified atom stereocenters. The lowest BCUT2D eigenvalue weighted by atomic mass is 9.85. The number of nitrogen functional groups attached to an aromatic ring is 1. The van der Waals surface area contributed by atoms with E-state index >= 15 is 0 Å². The van der Waals surface area contributed by atoms with E-state index in [0.29, 0.717) is 24.1 Å². The number of benzene rings is 1. The van der Waals surface area contributed by atoms with Crippen LogP contribution in [0.4, 0.5) is 18.9 Å². The van der Waals surface area contributed by atoms with Gasteiger partial charge in [0.05, 0.1) is 5.92 Å². The van der Waals surface area contributed by atoms with Gasteiger partial charge >= 0.3 is 6.18 Å². The number of amides is 1. The van der Waals surface area contributed by atoms with Crippen LogP contribution in [0.3, 0.4) is 0 Å². The third-order valence-electron chi connectivity index (χ3n) is 3.98. The smallest absolute Gasteiger partial charge is 0.391 e. The lowest BCUT2D eigenvalue weighted by Crippen LogP contribution is -2.41. The topological polar surface area (TPSA) is 55.1 Å². The van der Waals surface area contributed by atoms with Gasteiger partial charge in [0.15, 0.2) is 0 Å². The van der Waals surface area contributed by atoms with E-state index in [2.05, 4.69) is 5.32 Å². The van der Waals surface area contributed by atoms with Gasteiger partial charge in [-0.15, -0.1) is 12.4 Å². The summed E-state index contributed by atoms with van der Waals surface area (Å²) in [6.45, 7) is 1.77. The van der Waals surface area contributed by atoms with Gasteiger partial charge in [-0.3, -0.25) is 4.79 Å². The van der Waals surface area contributed by atoms with Crippen molar-refractivity contribution in [3.05, 3.63) is 29.3 Å². The molecule has 0 aromatic heterocycles. The molecule has 3 nitrogen and oxygen atoms in total. The minimum atomic E-state index is -4.18. The first kappa shape index (κ1) is 18.6. The highest BCUT2D eigenvalue weighted by Crippen LogP contribution is 2.37. The number of hydrogen-bond donors (Lipinski definition) is 2. The molecular formula is C15H20ClF3N2O. The molecule has 1 fully saturated rings. The second kappa shape index (κ2) is 7.22. The van der Waals surface area contributed by atoms with Crippen molar-refractivity contribution in [2.75, 3.05) is 5.73 Å². The molecule has 1 aromatic rings. The summed E-state index contributed by atoms with van der Waals surface area (Å²) in [5.41, 5.74) is 7.28. The molecule has 2 atom stereocenters. The van der Waals surface area contributed by atoms with E-state index in [9.17, 15) is 18.0 Å². The Hall–Kier alpha value is -1.43. The van der Waals surface area contributed by atoms with Crippen LogP contribution < -0.4 is 11.1 Å². The molecule has 1 aliphatic rings. The van der Waals surface area contributed by atoms with Gasteiger partial charge in [0.2, 0.25) is 0 Å². The van der Waals surface area contributed by atoms with E-state index in [1.165, 1.54) is 0 Å². The highest BCUT2D eigenvalue weighted by molar-refractivity contribution is 5.96. The quantitative estimate of drug-likeness (QED) is 0.806. The lowest BCUT2D eigenvalue weighted by molar-refractivity contribution is -0.183. The number of halogens is 4. The minimum absolute atomic E-state index is 0. The zero-order valence-electron chi connectivity index (χ0n) is 12.2. The normalized spacial score (nSPS) is 21.8. The van der Waals surface area contributed by atoms with E-state index in [-0.39, 0.29) is 31.2 Å². The van der Waals surface area contributed by atoms with E-state index in [4.69, 9.17) is 5.73 Å². The first-order valence-electron chi connectivity index (χ1n) is 7.01. The van der Waals surface area contributed by atoms with Crippen LogP contribution in [0.5, 0.6) is 0 Å². The molecule has 7 heteroatoms. The Bertz CT molecular complexity index is 534. The van der Waals surface area contributed by atoms with Gasteiger partial charge in [0.25, 0.3) is 5.91 Å². The highest BCUT2D eigenvalue weighted by Gasteiger charge is 2.42. The van der Waals surface area contributed by atoms with Crippen molar-refractivity contribution >= 4 is 24.0 Å². The predicted molar refractivity (Wildman–Crippen MR) is 82.1 cm³/mol. The molecule has 0 radical (unpaired) electrons. The van der Waals surface area contributed by atoms with Crippen molar-refractivity contribution in [3.8, 4) is 0 Å². The summed E-state index contributed by atoms with van der Waals surface area (Å²) in [7, 11) is 0. The average Bonchev–Trinajstić information content (AvgIpc) is 2.41. The average molecular weight is 337 g/mol. The Balaban J connectivity index is 0.00000242. The molecule has 1 aliphatic carbocycles. The van der Waals surface area contributed by atoms with Gasteiger partial charge in [-0.1, -0.05) is 12.5 Å². The van der Waals surface area contributed by atoms with Gasteiger partial charge < -0.3 is 11.1 Å². The Labute approximate surface area is 133 Å². The van der Waals surface area contributed by atoms with Crippen molar-refractivity contribution < 1.29 is 18.0 Å². The summed E-state index contributed by atoms with van der Waals surface area (Å²) in [4.78, 5) is 12.2. The molecule has 0 saturated heterocycles. The molecule has 22 heavy (non-hydrogen) atoms. The maximum absolute atomic E-state index is 12.8. The molecule has 2 rings (SSSR count). The Morgan fingerprint density at radius 3 is 2.64 bits per heavy atom. The van der Waals surface area contributed by atoms with E-state index in [1.54, 1.807) is 25.1 Å². The van der Waals surface area contributed by atoms with Crippen LogP contribution in [0, 0.1) is 12.8 Å². The van der Waals surface area contributed by atoms with Crippen LogP contribution in [0.25, 0.3) is 0 Å². The standard InChI is InChI=1S/C15H19F3N2O.ClH/c1-9-5-6-11(19)8-13(9)14(21)20-12-4-2-3-10(7-12)15(16,17)18;/h5-6,8,10,12H,2-4,7,19H2,1H3,(H,20,21);1H. The number of anilines is 1. The summed E-state index contributed by atoms with van der Waals surface area (Å²) in [6.07, 6.45) is -3.02. The largest absolute Gasteiger partial charge is 0.399 e. The Kier molecular flexibility index (Phi) is 6.11. The fourth-order valence-corrected chi connectivity index (χ4v) is 2.77. The Morgan fingerprint density at radius 2 is 2.00 bits per heavy atom. The molecule has 3 N–H and O–H groups in total. The molecule has 1 saturated carbocycles. The van der Waals surface area contributed by atoms with Gasteiger partial charge in [-0.2, -0.15) is 13.2 Å². The molecule has 124 valence electrons. The van der Waals surface area contributed by atoms with Crippen LogP contribution >= 0.6 is 12.4 Å². The third-order valence-corrected chi connectivity index (χ3v) is 3.98. The highest BCUT2D eigenvalue weighted by atomic mass is 35.5. The molecule has 0 aliphatic heterocycles. The van der Waals surface area contributed by atoms with Gasteiger partial charge in [0.1, 0.15) is 0 Å². The first-order valence-corrected chi connectivity index (χ1v) is 7.01. The van der Waals surface area contributed by atoms with Crippen molar-refractivity contribution in [1.82, 2.24) is 5.32 Å². The van der Waals surface area contributed by atoms with Crippen molar-refractivity contribution in [1.29, 1.82) is 0 Å². The van der Waals surface area contributed by atoms with Gasteiger partial charge in [-0.25, -0.2) is 0 Å². The van der Waals surface area contributed by atoms with Crippen LogP contribution in [-0.4, -0.2) is 18.1 Å². The van der Waals surface area contributed by atoms with Crippen molar-refractivity contribution in [2.45, 2.75) is 44.8 Å². The number of carbonyl (C=O) groups is 1. The maximum atomic E-state index is 12.8. The third kappa shape index (κ3) is 4.53. The summed E-state index contributed by atoms with van der Waals surface area (Å²) in [5.74, 6) is -1.67. The zero-order chi connectivity index (χ0) is 15.6. The predicted octanol–water partition coefficient (Wildman–Crippen LogP) is 3.85. The number of nitrogens with two attached hydrogens (primary N) is 1. The summed E-state index contributed by atoms with van der Waals surface area (Å²) >= 11 is 0. The van der Waals surface area contributed by atoms with Crippen LogP contribution in [0.2, 0.25) is 0 Å². The monoisotopic (exact) mass is 336 g/mol. The van der Waals surface area contributed by atoms with Crippen LogP contribution in [-0.2, 0) is 0 Å². The van der Waals surface area contributed by atoms with E-state index in [1.807, 2.05) is 0 Å². The van der Waals surface area contributed by atoms with Crippen LogP contribution in [0.1, 0.15) is 41.6 Å². The second-order valence-electron chi connectivity index (χ2n) is 5.65. The zero-order valence-corrected chi connectivity index (χ0v) is 13.1. The van der Waals surface area contributed by atoms with Crippen molar-refractivity contribution in [3.63, 3.8) is 0 Å². The fraction of sp³-hybridized carbons (Fsp3) is 0.533. The number of carbonyl (C=O) groups excluding carboxylic acids is 1. The molecule has 1 amide bonds. The number of alkyl halides is 3. The van der Waals surface area contributed by atoms with Crippen molar-refractivity contribution in [2.24, 2.45) is 5.92 Å². The van der Waals surface area contributed by atoms with Crippen LogP contribution in [0.15, 0.2) is 18.2 Å². The molecular weight excluding hydrogens is 317 g/mol. The minimum Gasteiger partial charge on any atom is -0.399 e. The number of hydrogen-bond acceptors (Lipinski definition) is 2. The number of rotatable bonds is 2. The molecule has 1 aromatic carbocycles. The number of nitrogens with one attached hydrogen (secondary N) is 1. The molecule has 0 heterocycles.